The van der Waals surface area contributed by atoms with Gasteiger partial charge in [0.05, 0.1) is 0 Å². The van der Waals surface area contributed by atoms with Crippen molar-refractivity contribution in [3.8, 4) is 0 Å². The summed E-state index contributed by atoms with van der Waals surface area (Å²) in [5, 5.41) is 0. The van der Waals surface area contributed by atoms with Crippen LogP contribution in [0.3, 0.4) is 0 Å². The van der Waals surface area contributed by atoms with Crippen LogP contribution in [0.5, 0.6) is 0 Å². The topological polar surface area (TPSA) is 115 Å². The maximum absolute atomic E-state index is 8.74. The molecule has 4 N–H and O–H groups in total. The van der Waals surface area contributed by atoms with Gasteiger partial charge >= 0.3 is 113 Å². The van der Waals surface area contributed by atoms with Gasteiger partial charge in [0.25, 0.3) is 0 Å². The Labute approximate surface area is 147 Å². The van der Waals surface area contributed by atoms with Gasteiger partial charge in [-0.2, -0.15) is 0 Å². The SMILES string of the molecule is O=[Si](O)O.O=[Si](O)O.[Ba+2].[H-].[H-].[H-].[H-].[H-].[H-].[Mg+2].[Mg+2]. The first-order valence-corrected chi connectivity index (χ1v) is 3.91. The third-order valence-electron chi connectivity index (χ3n) is 0. The Morgan fingerprint density at radius 3 is 0.818 bits per heavy atom. The summed E-state index contributed by atoms with van der Waals surface area (Å²) in [5.41, 5.74) is 0. The third kappa shape index (κ3) is 241. The van der Waals surface area contributed by atoms with Crippen LogP contribution in [0, 0.1) is 0 Å². The third-order valence-corrected chi connectivity index (χ3v) is 0. The van der Waals surface area contributed by atoms with E-state index >= 15 is 0 Å². The first-order chi connectivity index (χ1) is 3.46. The molecule has 0 rings (SSSR count). The van der Waals surface area contributed by atoms with Crippen molar-refractivity contribution in [3.05, 3.63) is 0 Å². The Balaban J connectivity index is -0.00000000308. The van der Waals surface area contributed by atoms with Crippen molar-refractivity contribution in [1.29, 1.82) is 0 Å². The quantitative estimate of drug-likeness (QED) is 0.335. The second kappa shape index (κ2) is 22.8. The average Bonchev–Trinajstić information content (AvgIpc) is 1.25. The van der Waals surface area contributed by atoms with E-state index in [-0.39, 0.29) is 104 Å². The van der Waals surface area contributed by atoms with E-state index in [0.717, 1.165) is 0 Å². The molecule has 0 spiro atoms. The molecule has 0 aliphatic rings. The molecule has 0 bridgehead atoms. The summed E-state index contributed by atoms with van der Waals surface area (Å²) in [6.07, 6.45) is 0. The summed E-state index contributed by atoms with van der Waals surface area (Å²) in [5.74, 6) is 0. The molecular weight excluding hydrogens is 338 g/mol. The van der Waals surface area contributed by atoms with Gasteiger partial charge in [-0.3, -0.25) is 8.92 Å². The summed E-state index contributed by atoms with van der Waals surface area (Å²) in [7, 11) is -6.26. The van der Waals surface area contributed by atoms with Crippen LogP contribution in [0.15, 0.2) is 0 Å². The summed E-state index contributed by atoms with van der Waals surface area (Å²) in [4.78, 5) is 28.6. The van der Waals surface area contributed by atoms with Crippen LogP contribution in [-0.4, -0.2) is 133 Å². The molecule has 0 aliphatic carbocycles. The van der Waals surface area contributed by atoms with E-state index in [4.69, 9.17) is 28.1 Å². The number of hydrogen-bond donors (Lipinski definition) is 4. The molecule has 11 heavy (non-hydrogen) atoms. The molecule has 0 fully saturated rings. The van der Waals surface area contributed by atoms with Crippen LogP contribution < -0.4 is 0 Å². The first kappa shape index (κ1) is 29.2. The first-order valence-electron chi connectivity index (χ1n) is 1.30. The predicted molar refractivity (Wildman–Crippen MR) is 45.7 cm³/mol. The smallest absolute Gasteiger partial charge is 1.00 e. The second-order valence-corrected chi connectivity index (χ2v) is 1.70. The van der Waals surface area contributed by atoms with Crippen molar-refractivity contribution < 1.29 is 36.7 Å². The maximum atomic E-state index is 8.74. The van der Waals surface area contributed by atoms with Gasteiger partial charge in [0.1, 0.15) is 0 Å². The van der Waals surface area contributed by atoms with E-state index < -0.39 is 18.3 Å². The van der Waals surface area contributed by atoms with Gasteiger partial charge in [-0.1, -0.05) is 0 Å². The Morgan fingerprint density at radius 1 is 0.818 bits per heavy atom. The van der Waals surface area contributed by atoms with Crippen molar-refractivity contribution in [2.24, 2.45) is 0 Å². The zero-order chi connectivity index (χ0) is 7.15. The Kier molecular flexibility index (Phi) is 60.6. The normalized spacial score (nSPS) is 4.36. The van der Waals surface area contributed by atoms with Crippen LogP contribution in [0.4, 0.5) is 0 Å². The van der Waals surface area contributed by atoms with E-state index in [2.05, 4.69) is 0 Å². The van der Waals surface area contributed by atoms with Crippen molar-refractivity contribution in [3.63, 3.8) is 0 Å². The van der Waals surface area contributed by atoms with Crippen LogP contribution in [0.1, 0.15) is 8.56 Å². The fourth-order valence-electron chi connectivity index (χ4n) is 0. The average molecular weight is 348 g/mol. The largest absolute Gasteiger partial charge is 2.00 e. The molecule has 0 atom stereocenters. The van der Waals surface area contributed by atoms with Crippen LogP contribution in [0.2, 0.25) is 0 Å². The molecule has 6 nitrogen and oxygen atoms in total. The van der Waals surface area contributed by atoms with Gasteiger partial charge in [0.15, 0.2) is 0 Å². The standard InChI is InChI=1S/Ba.2Mg.2H2O3Si.6H/c;;;2*1-4(2)3;;;;;;/h;;;2*1-2H;;;;;;/q3*+2;;;6*-1. The molecule has 11 heteroatoms. The van der Waals surface area contributed by atoms with Gasteiger partial charge < -0.3 is 27.7 Å². The molecular formula is H10BaMg2O6Si2. The number of hydrogen-bond acceptors (Lipinski definition) is 2. The van der Waals surface area contributed by atoms with Gasteiger partial charge in [0.2, 0.25) is 0 Å². The maximum Gasteiger partial charge on any atom is 2.00 e. The zero-order valence-corrected chi connectivity index (χ0v) is 15.0. The van der Waals surface area contributed by atoms with Crippen LogP contribution in [-0.2, 0) is 8.92 Å². The fourth-order valence-corrected chi connectivity index (χ4v) is 0. The second-order valence-electron chi connectivity index (χ2n) is 0.565. The van der Waals surface area contributed by atoms with E-state index in [1.165, 1.54) is 0 Å². The minimum absolute atomic E-state index is 0. The van der Waals surface area contributed by atoms with Crippen molar-refractivity contribution >= 4 is 113 Å². The molecule has 0 aromatic rings. The molecule has 0 aromatic carbocycles. The monoisotopic (exact) mass is 348 g/mol. The van der Waals surface area contributed by atoms with Crippen molar-refractivity contribution in [2.75, 3.05) is 0 Å². The number of rotatable bonds is 0. The molecule has 0 unspecified atom stereocenters. The minimum Gasteiger partial charge on any atom is -1.00 e. The van der Waals surface area contributed by atoms with Gasteiger partial charge in [-0.05, 0) is 0 Å². The predicted octanol–water partition coefficient (Wildman–Crippen LogP) is -3.69. The molecule has 0 heterocycles. The Morgan fingerprint density at radius 2 is 0.818 bits per heavy atom. The Hall–Kier alpha value is 2.34. The Bertz CT molecular complexity index is 92.5. The van der Waals surface area contributed by atoms with E-state index in [1.807, 2.05) is 0 Å². The minimum atomic E-state index is -3.13. The molecule has 0 amide bonds. The molecule has 0 aliphatic heterocycles. The zero-order valence-electron chi connectivity index (χ0n) is 11.7. The van der Waals surface area contributed by atoms with Crippen LogP contribution in [0.25, 0.3) is 0 Å². The summed E-state index contributed by atoms with van der Waals surface area (Å²) in [6.45, 7) is 0. The van der Waals surface area contributed by atoms with Gasteiger partial charge in [-0.15, -0.1) is 0 Å². The van der Waals surface area contributed by atoms with Crippen LogP contribution >= 0.6 is 0 Å². The summed E-state index contributed by atoms with van der Waals surface area (Å²) < 4.78 is 17.5. The molecule has 0 saturated carbocycles. The van der Waals surface area contributed by atoms with Crippen molar-refractivity contribution in [1.82, 2.24) is 0 Å². The van der Waals surface area contributed by atoms with E-state index in [9.17, 15) is 0 Å². The summed E-state index contributed by atoms with van der Waals surface area (Å²) >= 11 is 0. The van der Waals surface area contributed by atoms with Gasteiger partial charge in [-0.25, -0.2) is 0 Å². The van der Waals surface area contributed by atoms with Crippen molar-refractivity contribution in [2.45, 2.75) is 0 Å². The van der Waals surface area contributed by atoms with E-state index in [0.29, 0.717) is 0 Å². The summed E-state index contributed by atoms with van der Waals surface area (Å²) in [6, 6.07) is 0. The fraction of sp³-hybridized carbons (Fsp3) is 0. The molecule has 0 aromatic heterocycles. The molecule has 0 saturated heterocycles. The van der Waals surface area contributed by atoms with Gasteiger partial charge in [0, 0.05) is 0 Å². The molecule has 0 radical (unpaired) electrons. The van der Waals surface area contributed by atoms with E-state index in [1.54, 1.807) is 0 Å². The molecule has 60 valence electrons.